The Morgan fingerprint density at radius 1 is 1.50 bits per heavy atom. The SMILES string of the molecule is CCCc1cc(C2CCCN2S(=O)(=O)CC)no1. The zero-order chi connectivity index (χ0) is 13.2. The van der Waals surface area contributed by atoms with E-state index in [1.165, 1.54) is 0 Å². The van der Waals surface area contributed by atoms with Crippen LogP contribution in [0.1, 0.15) is 50.6 Å². The minimum absolute atomic E-state index is 0.135. The fourth-order valence-electron chi connectivity index (χ4n) is 2.38. The first-order valence-corrected chi connectivity index (χ1v) is 8.14. The van der Waals surface area contributed by atoms with Gasteiger partial charge >= 0.3 is 0 Å². The quantitative estimate of drug-likeness (QED) is 0.823. The highest BCUT2D eigenvalue weighted by atomic mass is 32.2. The average Bonchev–Trinajstić information content (AvgIpc) is 2.96. The van der Waals surface area contributed by atoms with Crippen LogP contribution in [0.3, 0.4) is 0 Å². The van der Waals surface area contributed by atoms with E-state index in [9.17, 15) is 8.42 Å². The van der Waals surface area contributed by atoms with E-state index < -0.39 is 10.0 Å². The highest BCUT2D eigenvalue weighted by Gasteiger charge is 2.35. The van der Waals surface area contributed by atoms with Gasteiger partial charge in [0.2, 0.25) is 10.0 Å². The molecular weight excluding hydrogens is 252 g/mol. The second-order valence-corrected chi connectivity index (χ2v) is 6.85. The van der Waals surface area contributed by atoms with Crippen LogP contribution in [0.5, 0.6) is 0 Å². The summed E-state index contributed by atoms with van der Waals surface area (Å²) < 4.78 is 30.8. The Kier molecular flexibility index (Phi) is 4.07. The Labute approximate surface area is 108 Å². The van der Waals surface area contributed by atoms with E-state index in [0.29, 0.717) is 6.54 Å². The number of nitrogens with zero attached hydrogens (tertiary/aromatic N) is 2. The van der Waals surface area contributed by atoms with Crippen molar-refractivity contribution in [2.75, 3.05) is 12.3 Å². The smallest absolute Gasteiger partial charge is 0.214 e. The number of hydrogen-bond donors (Lipinski definition) is 0. The van der Waals surface area contributed by atoms with Crippen LogP contribution in [-0.2, 0) is 16.4 Å². The molecule has 18 heavy (non-hydrogen) atoms. The van der Waals surface area contributed by atoms with Gasteiger partial charge in [-0.25, -0.2) is 8.42 Å². The Balaban J connectivity index is 2.20. The normalized spacial score (nSPS) is 21.6. The molecule has 0 aliphatic carbocycles. The molecule has 0 spiro atoms. The molecule has 6 heteroatoms. The summed E-state index contributed by atoms with van der Waals surface area (Å²) in [5.74, 6) is 0.983. The maximum atomic E-state index is 12.0. The lowest BCUT2D eigenvalue weighted by Gasteiger charge is -2.21. The molecule has 1 aromatic rings. The van der Waals surface area contributed by atoms with Crippen LogP contribution < -0.4 is 0 Å². The summed E-state index contributed by atoms with van der Waals surface area (Å²) in [6, 6.07) is 1.77. The molecule has 0 N–H and O–H groups in total. The second-order valence-electron chi connectivity index (χ2n) is 4.64. The molecule has 2 rings (SSSR count). The Morgan fingerprint density at radius 2 is 2.28 bits per heavy atom. The lowest BCUT2D eigenvalue weighted by molar-refractivity contribution is 0.344. The van der Waals surface area contributed by atoms with E-state index in [1.807, 2.05) is 6.07 Å². The van der Waals surface area contributed by atoms with E-state index in [2.05, 4.69) is 12.1 Å². The highest BCUT2D eigenvalue weighted by molar-refractivity contribution is 7.89. The maximum Gasteiger partial charge on any atom is 0.214 e. The lowest BCUT2D eigenvalue weighted by Crippen LogP contribution is -2.32. The van der Waals surface area contributed by atoms with Crippen LogP contribution in [0.4, 0.5) is 0 Å². The fraction of sp³-hybridized carbons (Fsp3) is 0.750. The minimum atomic E-state index is -3.15. The molecule has 1 fully saturated rings. The molecular formula is C12H20N2O3S. The number of sulfonamides is 1. The van der Waals surface area contributed by atoms with Crippen LogP contribution in [0.2, 0.25) is 0 Å². The third-order valence-corrected chi connectivity index (χ3v) is 5.22. The van der Waals surface area contributed by atoms with Crippen LogP contribution >= 0.6 is 0 Å². The summed E-state index contributed by atoms with van der Waals surface area (Å²) in [5, 5.41) is 4.03. The lowest BCUT2D eigenvalue weighted by atomic mass is 10.1. The van der Waals surface area contributed by atoms with E-state index >= 15 is 0 Å². The predicted molar refractivity (Wildman–Crippen MR) is 68.6 cm³/mol. The number of rotatable bonds is 5. The van der Waals surface area contributed by atoms with Crippen molar-refractivity contribution in [3.63, 3.8) is 0 Å². The summed E-state index contributed by atoms with van der Waals surface area (Å²) in [6.45, 7) is 4.35. The molecule has 1 saturated heterocycles. The van der Waals surface area contributed by atoms with Crippen molar-refractivity contribution in [2.24, 2.45) is 0 Å². The molecule has 0 aromatic carbocycles. The zero-order valence-corrected chi connectivity index (χ0v) is 11.7. The van der Waals surface area contributed by atoms with Crippen molar-refractivity contribution in [3.05, 3.63) is 17.5 Å². The molecule has 1 unspecified atom stereocenters. The highest BCUT2D eigenvalue weighted by Crippen LogP contribution is 2.34. The van der Waals surface area contributed by atoms with Crippen molar-refractivity contribution < 1.29 is 12.9 Å². The van der Waals surface area contributed by atoms with Crippen LogP contribution in [0.25, 0.3) is 0 Å². The van der Waals surface area contributed by atoms with E-state index in [0.717, 1.165) is 37.1 Å². The maximum absolute atomic E-state index is 12.0. The van der Waals surface area contributed by atoms with E-state index in [4.69, 9.17) is 4.52 Å². The Morgan fingerprint density at radius 3 is 2.94 bits per heavy atom. The minimum Gasteiger partial charge on any atom is -0.361 e. The van der Waals surface area contributed by atoms with E-state index in [-0.39, 0.29) is 11.8 Å². The van der Waals surface area contributed by atoms with E-state index in [1.54, 1.807) is 11.2 Å². The van der Waals surface area contributed by atoms with Crippen LogP contribution in [0.15, 0.2) is 10.6 Å². The van der Waals surface area contributed by atoms with Gasteiger partial charge < -0.3 is 4.52 Å². The second kappa shape index (κ2) is 5.40. The molecule has 1 aliphatic rings. The first kappa shape index (κ1) is 13.5. The zero-order valence-electron chi connectivity index (χ0n) is 10.9. The van der Waals surface area contributed by atoms with Gasteiger partial charge in [-0.1, -0.05) is 12.1 Å². The topological polar surface area (TPSA) is 63.4 Å². The van der Waals surface area contributed by atoms with Gasteiger partial charge in [0, 0.05) is 19.0 Å². The van der Waals surface area contributed by atoms with Crippen molar-refractivity contribution in [2.45, 2.75) is 45.6 Å². The van der Waals surface area contributed by atoms with Gasteiger partial charge in [0.15, 0.2) is 0 Å². The predicted octanol–water partition coefficient (Wildman–Crippen LogP) is 2.11. The van der Waals surface area contributed by atoms with Gasteiger partial charge in [-0.05, 0) is 26.2 Å². The molecule has 1 atom stereocenters. The molecule has 0 radical (unpaired) electrons. The van der Waals surface area contributed by atoms with Crippen molar-refractivity contribution in [1.29, 1.82) is 0 Å². The van der Waals surface area contributed by atoms with Gasteiger partial charge in [0.25, 0.3) is 0 Å². The summed E-state index contributed by atoms with van der Waals surface area (Å²) in [5.41, 5.74) is 0.757. The van der Waals surface area contributed by atoms with Crippen molar-refractivity contribution >= 4 is 10.0 Å². The average molecular weight is 272 g/mol. The molecule has 0 amide bonds. The van der Waals surface area contributed by atoms with Gasteiger partial charge in [-0.15, -0.1) is 0 Å². The largest absolute Gasteiger partial charge is 0.361 e. The summed E-state index contributed by atoms with van der Waals surface area (Å²) in [4.78, 5) is 0. The first-order chi connectivity index (χ1) is 8.58. The number of hydrogen-bond acceptors (Lipinski definition) is 4. The molecule has 5 nitrogen and oxygen atoms in total. The molecule has 102 valence electrons. The van der Waals surface area contributed by atoms with Crippen molar-refractivity contribution in [1.82, 2.24) is 9.46 Å². The first-order valence-electron chi connectivity index (χ1n) is 6.53. The molecule has 1 aliphatic heterocycles. The van der Waals surface area contributed by atoms with Gasteiger partial charge in [0.05, 0.1) is 11.8 Å². The molecule has 0 saturated carbocycles. The Hall–Kier alpha value is -0.880. The van der Waals surface area contributed by atoms with Crippen LogP contribution in [0, 0.1) is 0 Å². The monoisotopic (exact) mass is 272 g/mol. The number of aryl methyl sites for hydroxylation is 1. The third kappa shape index (κ3) is 2.59. The molecule has 1 aromatic heterocycles. The Bertz CT molecular complexity index is 495. The third-order valence-electron chi connectivity index (χ3n) is 3.34. The summed E-state index contributed by atoms with van der Waals surface area (Å²) in [6.07, 6.45) is 3.56. The van der Waals surface area contributed by atoms with Crippen LogP contribution in [-0.4, -0.2) is 30.2 Å². The van der Waals surface area contributed by atoms with Crippen molar-refractivity contribution in [3.8, 4) is 0 Å². The number of aromatic nitrogens is 1. The molecule has 2 heterocycles. The van der Waals surface area contributed by atoms with Gasteiger partial charge in [-0.2, -0.15) is 4.31 Å². The fourth-order valence-corrected chi connectivity index (χ4v) is 3.72. The van der Waals surface area contributed by atoms with Gasteiger partial charge in [-0.3, -0.25) is 0 Å². The summed E-state index contributed by atoms with van der Waals surface area (Å²) in [7, 11) is -3.15. The standard InChI is InChI=1S/C12H20N2O3S/c1-3-6-10-9-11(13-17-10)12-7-5-8-14(12)18(15,16)4-2/h9,12H,3-8H2,1-2H3. The molecule has 0 bridgehead atoms. The van der Waals surface area contributed by atoms with Gasteiger partial charge in [0.1, 0.15) is 11.5 Å². The summed E-state index contributed by atoms with van der Waals surface area (Å²) >= 11 is 0.